The van der Waals surface area contributed by atoms with Crippen molar-refractivity contribution in [1.82, 2.24) is 9.55 Å². The summed E-state index contributed by atoms with van der Waals surface area (Å²) in [5.74, 6) is -1.70. The molecule has 0 spiro atoms. The van der Waals surface area contributed by atoms with Crippen LogP contribution < -0.4 is 5.32 Å². The number of halogens is 1. The molecule has 0 saturated heterocycles. The quantitative estimate of drug-likeness (QED) is 0.567. The molecule has 2 atom stereocenters. The summed E-state index contributed by atoms with van der Waals surface area (Å²) >= 11 is 6.42. The first kappa shape index (κ1) is 16.6. The van der Waals surface area contributed by atoms with Gasteiger partial charge in [0.05, 0.1) is 23.7 Å². The van der Waals surface area contributed by atoms with Crippen LogP contribution in [-0.2, 0) is 14.3 Å². The lowest BCUT2D eigenvalue weighted by Gasteiger charge is -2.32. The molecular weight excluding hydrogens is 354 g/mol. The normalized spacial score (nSPS) is 19.1. The van der Waals surface area contributed by atoms with E-state index in [1.807, 2.05) is 41.0 Å². The number of nitrogens with one attached hydrogen (secondary N) is 1. The summed E-state index contributed by atoms with van der Waals surface area (Å²) in [5, 5.41) is 3.20. The van der Waals surface area contributed by atoms with Gasteiger partial charge < -0.3 is 9.30 Å². The van der Waals surface area contributed by atoms with Crippen molar-refractivity contribution in [1.29, 1.82) is 0 Å². The summed E-state index contributed by atoms with van der Waals surface area (Å²) < 4.78 is 7.02. The Morgan fingerprint density at radius 3 is 2.73 bits per heavy atom. The summed E-state index contributed by atoms with van der Waals surface area (Å²) in [6.45, 7) is 1.90. The molecule has 4 rings (SSSR count). The van der Waals surface area contributed by atoms with E-state index in [0.29, 0.717) is 16.5 Å². The van der Waals surface area contributed by atoms with Crippen LogP contribution in [0, 0.1) is 5.92 Å². The second kappa shape index (κ2) is 6.46. The van der Waals surface area contributed by atoms with Gasteiger partial charge in [-0.1, -0.05) is 41.9 Å². The smallest absolute Gasteiger partial charge is 0.321 e. The molecule has 1 amide bonds. The van der Waals surface area contributed by atoms with Crippen LogP contribution in [0.15, 0.2) is 48.5 Å². The Bertz CT molecular complexity index is 1010. The molecule has 0 aliphatic carbocycles. The Labute approximate surface area is 154 Å². The van der Waals surface area contributed by atoms with Crippen molar-refractivity contribution in [2.75, 3.05) is 11.9 Å². The van der Waals surface area contributed by atoms with Crippen LogP contribution in [0.1, 0.15) is 18.5 Å². The second-order valence-corrected chi connectivity index (χ2v) is 6.39. The van der Waals surface area contributed by atoms with E-state index in [4.69, 9.17) is 16.3 Å². The van der Waals surface area contributed by atoms with Gasteiger partial charge in [0.25, 0.3) is 0 Å². The first-order valence-electron chi connectivity index (χ1n) is 8.30. The molecule has 2 unspecified atom stereocenters. The lowest BCUT2D eigenvalue weighted by atomic mass is 9.90. The zero-order valence-corrected chi connectivity index (χ0v) is 14.7. The number of fused-ring (bicyclic) bond motifs is 3. The summed E-state index contributed by atoms with van der Waals surface area (Å²) in [6, 6.07) is 14.1. The topological polar surface area (TPSA) is 73.2 Å². The SMILES string of the molecule is CCOC(=O)C1C(=O)Nc2nc3ccccc3n2C1c1ccccc1Cl. The predicted octanol–water partition coefficient (Wildman–Crippen LogP) is 3.41. The number of esters is 1. The number of hydrogen-bond donors (Lipinski definition) is 1. The molecule has 1 aromatic heterocycles. The number of aromatic nitrogens is 2. The van der Waals surface area contributed by atoms with E-state index in [1.54, 1.807) is 19.1 Å². The van der Waals surface area contributed by atoms with Crippen molar-refractivity contribution in [2.45, 2.75) is 13.0 Å². The number of imidazole rings is 1. The third-order valence-corrected chi connectivity index (χ3v) is 4.82. The molecule has 1 aliphatic heterocycles. The average molecular weight is 370 g/mol. The number of benzene rings is 2. The van der Waals surface area contributed by atoms with Crippen molar-refractivity contribution in [3.05, 3.63) is 59.1 Å². The van der Waals surface area contributed by atoms with Crippen molar-refractivity contribution in [3.8, 4) is 0 Å². The fraction of sp³-hybridized carbons (Fsp3) is 0.211. The van der Waals surface area contributed by atoms with Gasteiger partial charge in [0, 0.05) is 5.02 Å². The van der Waals surface area contributed by atoms with Gasteiger partial charge in [-0.2, -0.15) is 0 Å². The second-order valence-electron chi connectivity index (χ2n) is 5.98. The van der Waals surface area contributed by atoms with E-state index in [9.17, 15) is 9.59 Å². The Balaban J connectivity index is 1.99. The highest BCUT2D eigenvalue weighted by atomic mass is 35.5. The Hall–Kier alpha value is -2.86. The number of carbonyl (C=O) groups excluding carboxylic acids is 2. The van der Waals surface area contributed by atoms with Crippen LogP contribution in [0.2, 0.25) is 5.02 Å². The molecule has 26 heavy (non-hydrogen) atoms. The monoisotopic (exact) mass is 369 g/mol. The van der Waals surface area contributed by atoms with Crippen molar-refractivity contribution < 1.29 is 14.3 Å². The van der Waals surface area contributed by atoms with Gasteiger partial charge in [-0.05, 0) is 30.7 Å². The van der Waals surface area contributed by atoms with Gasteiger partial charge in [0.1, 0.15) is 0 Å². The summed E-state index contributed by atoms with van der Waals surface area (Å²) in [7, 11) is 0. The minimum atomic E-state index is -1.06. The van der Waals surface area contributed by atoms with E-state index in [1.165, 1.54) is 0 Å². The molecule has 0 bridgehead atoms. The fourth-order valence-electron chi connectivity index (χ4n) is 3.40. The summed E-state index contributed by atoms with van der Waals surface area (Å²) in [4.78, 5) is 29.8. The van der Waals surface area contributed by atoms with Gasteiger partial charge in [-0.3, -0.25) is 14.9 Å². The number of anilines is 1. The number of hydrogen-bond acceptors (Lipinski definition) is 4. The lowest BCUT2D eigenvalue weighted by Crippen LogP contribution is -2.43. The van der Waals surface area contributed by atoms with Crippen molar-refractivity contribution >= 4 is 40.5 Å². The van der Waals surface area contributed by atoms with Crippen molar-refractivity contribution in [3.63, 3.8) is 0 Å². The molecule has 0 saturated carbocycles. The van der Waals surface area contributed by atoms with E-state index in [0.717, 1.165) is 11.0 Å². The van der Waals surface area contributed by atoms with Gasteiger partial charge in [0.15, 0.2) is 5.92 Å². The van der Waals surface area contributed by atoms with Crippen LogP contribution in [-0.4, -0.2) is 28.0 Å². The molecule has 0 radical (unpaired) electrons. The maximum absolute atomic E-state index is 12.7. The Kier molecular flexibility index (Phi) is 4.12. The molecule has 132 valence electrons. The standard InChI is InChI=1S/C19H16ClN3O3/c1-2-26-18(25)15-16(11-7-3-4-8-12(11)20)23-14-10-6-5-9-13(14)21-19(23)22-17(15)24/h3-10,15-16H,2H2,1H3,(H,21,22,24). The fourth-order valence-corrected chi connectivity index (χ4v) is 3.64. The van der Waals surface area contributed by atoms with E-state index >= 15 is 0 Å². The minimum Gasteiger partial charge on any atom is -0.465 e. The number of carbonyl (C=O) groups is 2. The summed E-state index contributed by atoms with van der Waals surface area (Å²) in [5.41, 5.74) is 2.21. The van der Waals surface area contributed by atoms with E-state index < -0.39 is 23.8 Å². The molecule has 0 fully saturated rings. The van der Waals surface area contributed by atoms with Gasteiger partial charge in [-0.15, -0.1) is 0 Å². The molecule has 3 aromatic rings. The van der Waals surface area contributed by atoms with E-state index in [2.05, 4.69) is 10.3 Å². The summed E-state index contributed by atoms with van der Waals surface area (Å²) in [6.07, 6.45) is 0. The molecule has 7 heteroatoms. The third kappa shape index (κ3) is 2.54. The number of para-hydroxylation sites is 2. The van der Waals surface area contributed by atoms with Crippen LogP contribution in [0.25, 0.3) is 11.0 Å². The van der Waals surface area contributed by atoms with Crippen LogP contribution in [0.5, 0.6) is 0 Å². The largest absolute Gasteiger partial charge is 0.465 e. The first-order valence-corrected chi connectivity index (χ1v) is 8.68. The Morgan fingerprint density at radius 2 is 1.96 bits per heavy atom. The number of rotatable bonds is 3. The lowest BCUT2D eigenvalue weighted by molar-refractivity contribution is -0.152. The zero-order valence-electron chi connectivity index (χ0n) is 14.0. The maximum atomic E-state index is 12.7. The van der Waals surface area contributed by atoms with Crippen LogP contribution >= 0.6 is 11.6 Å². The predicted molar refractivity (Wildman–Crippen MR) is 98.1 cm³/mol. The molecule has 6 nitrogen and oxygen atoms in total. The van der Waals surface area contributed by atoms with Crippen LogP contribution in [0.3, 0.4) is 0 Å². The van der Waals surface area contributed by atoms with Gasteiger partial charge in [0.2, 0.25) is 11.9 Å². The Morgan fingerprint density at radius 1 is 1.23 bits per heavy atom. The molecule has 2 heterocycles. The van der Waals surface area contributed by atoms with E-state index in [-0.39, 0.29) is 6.61 Å². The highest BCUT2D eigenvalue weighted by molar-refractivity contribution is 6.31. The number of ether oxygens (including phenoxy) is 1. The number of amides is 1. The molecule has 1 aliphatic rings. The highest BCUT2D eigenvalue weighted by Gasteiger charge is 2.44. The first-order chi connectivity index (χ1) is 12.6. The third-order valence-electron chi connectivity index (χ3n) is 4.47. The highest BCUT2D eigenvalue weighted by Crippen LogP contribution is 2.40. The van der Waals surface area contributed by atoms with Gasteiger partial charge >= 0.3 is 5.97 Å². The molecule has 2 aromatic carbocycles. The zero-order chi connectivity index (χ0) is 18.3. The van der Waals surface area contributed by atoms with Gasteiger partial charge in [-0.25, -0.2) is 4.98 Å². The van der Waals surface area contributed by atoms with Crippen molar-refractivity contribution in [2.24, 2.45) is 5.92 Å². The maximum Gasteiger partial charge on any atom is 0.321 e. The molecular formula is C19H16ClN3O3. The molecule has 1 N–H and O–H groups in total. The number of nitrogens with zero attached hydrogens (tertiary/aromatic N) is 2. The van der Waals surface area contributed by atoms with Crippen LogP contribution in [0.4, 0.5) is 5.95 Å². The average Bonchev–Trinajstić information content (AvgIpc) is 2.99. The minimum absolute atomic E-state index is 0.190.